The van der Waals surface area contributed by atoms with E-state index >= 15 is 0 Å². The Morgan fingerprint density at radius 1 is 1.15 bits per heavy atom. The Morgan fingerprint density at radius 2 is 1.88 bits per heavy atom. The number of anilines is 1. The van der Waals surface area contributed by atoms with Gasteiger partial charge in [0.05, 0.1) is 0 Å². The molecule has 3 aliphatic rings. The van der Waals surface area contributed by atoms with Gasteiger partial charge in [-0.3, -0.25) is 9.69 Å². The van der Waals surface area contributed by atoms with E-state index in [1.165, 1.54) is 12.8 Å². The maximum absolute atomic E-state index is 12.7. The van der Waals surface area contributed by atoms with E-state index in [1.54, 1.807) is 6.07 Å². The number of nitrogens with zero attached hydrogens (tertiary/aromatic N) is 1. The Hall–Kier alpha value is -2.27. The van der Waals surface area contributed by atoms with Gasteiger partial charge in [0.1, 0.15) is 5.76 Å². The molecule has 2 atom stereocenters. The summed E-state index contributed by atoms with van der Waals surface area (Å²) in [6, 6.07) is 12.3. The van der Waals surface area contributed by atoms with Crippen LogP contribution in [0, 0.1) is 5.92 Å². The normalized spacial score (nSPS) is 27.3. The predicted octanol–water partition coefficient (Wildman–Crippen LogP) is 3.59. The number of hydrogen-bond donors (Lipinski definition) is 2. The topological polar surface area (TPSA) is 57.5 Å². The van der Waals surface area contributed by atoms with Gasteiger partial charge >= 0.3 is 0 Å². The number of piperidine rings is 3. The highest BCUT2D eigenvalue weighted by Crippen LogP contribution is 2.32. The first-order chi connectivity index (χ1) is 12.7. The minimum absolute atomic E-state index is 0.105. The molecule has 0 radical (unpaired) electrons. The van der Waals surface area contributed by atoms with Gasteiger partial charge in [-0.05, 0) is 82.1 Å². The number of rotatable bonds is 5. The van der Waals surface area contributed by atoms with Crippen molar-refractivity contribution in [2.45, 2.75) is 38.8 Å². The summed E-state index contributed by atoms with van der Waals surface area (Å²) in [5.41, 5.74) is 2.05. The molecule has 3 saturated heterocycles. The van der Waals surface area contributed by atoms with E-state index in [0.29, 0.717) is 17.7 Å². The lowest BCUT2D eigenvalue weighted by molar-refractivity contribution is 0.0211. The summed E-state index contributed by atoms with van der Waals surface area (Å²) in [6.45, 7) is 7.50. The summed E-state index contributed by atoms with van der Waals surface area (Å²) in [4.78, 5) is 15.2. The van der Waals surface area contributed by atoms with Gasteiger partial charge in [0.25, 0.3) is 5.91 Å². The number of carbonyl (C=O) groups is 1. The number of fused-ring (bicyclic) bond motifs is 3. The smallest absolute Gasteiger partial charge is 0.287 e. The van der Waals surface area contributed by atoms with Crippen LogP contribution in [-0.2, 0) is 0 Å². The fourth-order valence-corrected chi connectivity index (χ4v) is 4.34. The number of amides is 1. The van der Waals surface area contributed by atoms with Crippen LogP contribution in [0.25, 0.3) is 11.3 Å². The maximum atomic E-state index is 12.7. The van der Waals surface area contributed by atoms with Crippen LogP contribution in [-0.4, -0.2) is 42.5 Å². The molecule has 2 N–H and O–H groups in total. The highest BCUT2D eigenvalue weighted by atomic mass is 16.3. The third kappa shape index (κ3) is 3.23. The molecule has 5 heteroatoms. The molecule has 3 aliphatic heterocycles. The van der Waals surface area contributed by atoms with Crippen LogP contribution in [0.5, 0.6) is 0 Å². The molecule has 0 spiro atoms. The van der Waals surface area contributed by atoms with Gasteiger partial charge in [-0.2, -0.15) is 0 Å². The van der Waals surface area contributed by atoms with Crippen molar-refractivity contribution in [3.05, 3.63) is 42.2 Å². The van der Waals surface area contributed by atoms with Gasteiger partial charge in [-0.25, -0.2) is 0 Å². The first kappa shape index (κ1) is 17.2. The van der Waals surface area contributed by atoms with Crippen LogP contribution in [0.15, 0.2) is 40.8 Å². The number of benzene rings is 1. The minimum Gasteiger partial charge on any atom is -0.451 e. The fourth-order valence-electron chi connectivity index (χ4n) is 4.34. The maximum Gasteiger partial charge on any atom is 0.287 e. The van der Waals surface area contributed by atoms with Gasteiger partial charge in [0, 0.05) is 29.9 Å². The monoisotopic (exact) mass is 353 g/mol. The van der Waals surface area contributed by atoms with E-state index < -0.39 is 0 Å². The average molecular weight is 353 g/mol. The first-order valence-corrected chi connectivity index (χ1v) is 9.64. The quantitative estimate of drug-likeness (QED) is 0.862. The Kier molecular flexibility index (Phi) is 4.72. The molecule has 5 rings (SSSR count). The lowest BCUT2D eigenvalue weighted by atomic mass is 9.79. The summed E-state index contributed by atoms with van der Waals surface area (Å²) in [5.74, 6) is 1.60. The molecule has 2 aromatic rings. The van der Waals surface area contributed by atoms with Crippen molar-refractivity contribution in [2.75, 3.05) is 25.0 Å². The number of nitrogens with one attached hydrogen (secondary N) is 2. The summed E-state index contributed by atoms with van der Waals surface area (Å²) in [7, 11) is 0. The Balaban J connectivity index is 1.45. The minimum atomic E-state index is -0.105. The van der Waals surface area contributed by atoms with Gasteiger partial charge < -0.3 is 15.1 Å². The van der Waals surface area contributed by atoms with Crippen molar-refractivity contribution in [3.8, 4) is 11.3 Å². The molecule has 2 bridgehead atoms. The predicted molar refractivity (Wildman–Crippen MR) is 103 cm³/mol. The standard InChI is InChI=1S/C21H27N3O2/c1-3-22-17-6-4-15(5-7-17)18-8-9-19(26-18)21(25)23-20-14(2)24-12-10-16(20)11-13-24/h4-9,14,16,20,22H,3,10-13H2,1-2H3,(H,23,25)/t14-,20-/m0/s1. The molecule has 3 fully saturated rings. The molecule has 5 nitrogen and oxygen atoms in total. The second kappa shape index (κ2) is 7.16. The van der Waals surface area contributed by atoms with Crippen LogP contribution in [0.3, 0.4) is 0 Å². The second-order valence-corrected chi connectivity index (χ2v) is 7.38. The van der Waals surface area contributed by atoms with Crippen molar-refractivity contribution in [2.24, 2.45) is 5.92 Å². The molecule has 4 heterocycles. The Bertz CT molecular complexity index is 758. The molecule has 0 aliphatic carbocycles. The molecular weight excluding hydrogens is 326 g/mol. The van der Waals surface area contributed by atoms with Crippen molar-refractivity contribution < 1.29 is 9.21 Å². The SMILES string of the molecule is CCNc1ccc(-c2ccc(C(=O)N[C@@H]3C4CCN(CC4)[C@H]3C)o2)cc1. The Morgan fingerprint density at radius 3 is 2.54 bits per heavy atom. The summed E-state index contributed by atoms with van der Waals surface area (Å²) in [5, 5.41) is 6.50. The highest BCUT2D eigenvalue weighted by Gasteiger charge is 2.40. The molecule has 1 aromatic carbocycles. The van der Waals surface area contributed by atoms with Crippen molar-refractivity contribution in [1.29, 1.82) is 0 Å². The van der Waals surface area contributed by atoms with Gasteiger partial charge in [-0.1, -0.05) is 0 Å². The summed E-state index contributed by atoms with van der Waals surface area (Å²) >= 11 is 0. The van der Waals surface area contributed by atoms with E-state index in [2.05, 4.69) is 29.4 Å². The van der Waals surface area contributed by atoms with Gasteiger partial charge in [-0.15, -0.1) is 0 Å². The molecule has 1 amide bonds. The molecule has 1 aromatic heterocycles. The number of furan rings is 1. The third-order valence-corrected chi connectivity index (χ3v) is 5.86. The number of hydrogen-bond acceptors (Lipinski definition) is 4. The first-order valence-electron chi connectivity index (χ1n) is 9.64. The summed E-state index contributed by atoms with van der Waals surface area (Å²) < 4.78 is 5.84. The third-order valence-electron chi connectivity index (χ3n) is 5.86. The molecule has 0 saturated carbocycles. The molecular formula is C21H27N3O2. The average Bonchev–Trinajstić information content (AvgIpc) is 3.16. The van der Waals surface area contributed by atoms with Crippen LogP contribution >= 0.6 is 0 Å². The zero-order valence-electron chi connectivity index (χ0n) is 15.5. The van der Waals surface area contributed by atoms with Gasteiger partial charge in [0.15, 0.2) is 5.76 Å². The van der Waals surface area contributed by atoms with Crippen molar-refractivity contribution >= 4 is 11.6 Å². The van der Waals surface area contributed by atoms with Crippen molar-refractivity contribution in [3.63, 3.8) is 0 Å². The van der Waals surface area contributed by atoms with Crippen LogP contribution < -0.4 is 10.6 Å². The van der Waals surface area contributed by atoms with E-state index in [0.717, 1.165) is 36.6 Å². The summed E-state index contributed by atoms with van der Waals surface area (Å²) in [6.07, 6.45) is 2.35. The zero-order valence-corrected chi connectivity index (χ0v) is 15.5. The van der Waals surface area contributed by atoms with Crippen LogP contribution in [0.2, 0.25) is 0 Å². The Labute approximate surface area is 154 Å². The zero-order chi connectivity index (χ0) is 18.1. The lowest BCUT2D eigenvalue weighted by Crippen LogP contribution is -2.62. The van der Waals surface area contributed by atoms with Gasteiger partial charge in [0.2, 0.25) is 0 Å². The van der Waals surface area contributed by atoms with E-state index in [9.17, 15) is 4.79 Å². The van der Waals surface area contributed by atoms with Crippen LogP contribution in [0.1, 0.15) is 37.2 Å². The molecule has 26 heavy (non-hydrogen) atoms. The van der Waals surface area contributed by atoms with Crippen LogP contribution in [0.4, 0.5) is 5.69 Å². The van der Waals surface area contributed by atoms with E-state index in [4.69, 9.17) is 4.42 Å². The number of carbonyl (C=O) groups excluding carboxylic acids is 1. The molecule has 0 unspecified atom stereocenters. The van der Waals surface area contributed by atoms with Crippen molar-refractivity contribution in [1.82, 2.24) is 10.2 Å². The highest BCUT2D eigenvalue weighted by molar-refractivity contribution is 5.92. The van der Waals surface area contributed by atoms with E-state index in [1.807, 2.05) is 30.3 Å². The molecule has 138 valence electrons. The fraction of sp³-hybridized carbons (Fsp3) is 0.476. The second-order valence-electron chi connectivity index (χ2n) is 7.38. The lowest BCUT2D eigenvalue weighted by Gasteiger charge is -2.49. The van der Waals surface area contributed by atoms with E-state index in [-0.39, 0.29) is 11.9 Å². The largest absolute Gasteiger partial charge is 0.451 e.